The topological polar surface area (TPSA) is 85.3 Å². The van der Waals surface area contributed by atoms with Gasteiger partial charge in [-0.05, 0) is 31.9 Å². The van der Waals surface area contributed by atoms with Crippen LogP contribution in [0.5, 0.6) is 0 Å². The quantitative estimate of drug-likeness (QED) is 0.699. The van der Waals surface area contributed by atoms with Gasteiger partial charge in [-0.3, -0.25) is 4.79 Å². The molecule has 0 unspecified atom stereocenters. The van der Waals surface area contributed by atoms with Crippen molar-refractivity contribution in [3.8, 4) is 11.5 Å². The fourth-order valence-corrected chi connectivity index (χ4v) is 3.50. The van der Waals surface area contributed by atoms with Crippen LogP contribution in [0.25, 0.3) is 11.5 Å². The van der Waals surface area contributed by atoms with E-state index < -0.39 is 0 Å². The summed E-state index contributed by atoms with van der Waals surface area (Å²) in [6.07, 6.45) is 4.15. The Bertz CT molecular complexity index is 903. The second-order valence-electron chi connectivity index (χ2n) is 6.88. The van der Waals surface area contributed by atoms with Crippen LogP contribution in [0.2, 0.25) is 0 Å². The number of amides is 1. The lowest BCUT2D eigenvalue weighted by atomic mass is 10.1. The molecule has 1 atom stereocenters. The summed E-state index contributed by atoms with van der Waals surface area (Å²) in [7, 11) is 0. The normalized spacial score (nSPS) is 17.7. The predicted octanol–water partition coefficient (Wildman–Crippen LogP) is 3.72. The monoisotopic (exact) mass is 366 g/mol. The van der Waals surface area contributed by atoms with E-state index in [-0.39, 0.29) is 18.4 Å². The number of rotatable bonds is 4. The molecule has 1 aromatic carbocycles. The molecule has 7 heteroatoms. The van der Waals surface area contributed by atoms with Gasteiger partial charge in [0.05, 0.1) is 18.2 Å². The maximum Gasteiger partial charge on any atom is 0.257 e. The van der Waals surface area contributed by atoms with Gasteiger partial charge in [-0.1, -0.05) is 41.4 Å². The Morgan fingerprint density at radius 3 is 2.78 bits per heavy atom. The van der Waals surface area contributed by atoms with E-state index in [9.17, 15) is 4.79 Å². The zero-order chi connectivity index (χ0) is 18.6. The maximum atomic E-state index is 12.9. The molecule has 1 fully saturated rings. The standard InChI is InChI=1S/C20H22N4O3/c1-14-12-16(22-26-14)13-18(25)24-11-7-3-6-10-17(24)19-21-20(27-23-19)15-8-4-2-5-9-15/h2,4-5,8-9,12,17H,3,6-7,10-11,13H2,1H3/t17-/m0/s1. The molecule has 1 saturated heterocycles. The average molecular weight is 366 g/mol. The van der Waals surface area contributed by atoms with Crippen molar-refractivity contribution in [3.63, 3.8) is 0 Å². The van der Waals surface area contributed by atoms with Gasteiger partial charge in [-0.25, -0.2) is 0 Å². The van der Waals surface area contributed by atoms with E-state index in [1.54, 1.807) is 6.07 Å². The van der Waals surface area contributed by atoms with Crippen molar-refractivity contribution in [1.82, 2.24) is 20.2 Å². The second kappa shape index (κ2) is 7.73. The van der Waals surface area contributed by atoms with Gasteiger partial charge in [0, 0.05) is 18.2 Å². The average Bonchev–Trinajstić information content (AvgIpc) is 3.25. The van der Waals surface area contributed by atoms with Crippen molar-refractivity contribution in [1.29, 1.82) is 0 Å². The van der Waals surface area contributed by atoms with Crippen LogP contribution >= 0.6 is 0 Å². The Morgan fingerprint density at radius 1 is 1.15 bits per heavy atom. The molecule has 3 heterocycles. The van der Waals surface area contributed by atoms with Gasteiger partial charge in [0.2, 0.25) is 5.91 Å². The lowest BCUT2D eigenvalue weighted by Gasteiger charge is -2.27. The number of hydrogen-bond acceptors (Lipinski definition) is 6. The Balaban J connectivity index is 1.57. The van der Waals surface area contributed by atoms with Crippen molar-refractivity contribution >= 4 is 5.91 Å². The lowest BCUT2D eigenvalue weighted by Crippen LogP contribution is -2.36. The first-order chi connectivity index (χ1) is 13.2. The number of carbonyl (C=O) groups is 1. The van der Waals surface area contributed by atoms with Crippen molar-refractivity contribution in [3.05, 3.63) is 53.7 Å². The van der Waals surface area contributed by atoms with Crippen LogP contribution < -0.4 is 0 Å². The molecule has 0 radical (unpaired) electrons. The maximum absolute atomic E-state index is 12.9. The van der Waals surface area contributed by atoms with Crippen molar-refractivity contribution in [2.75, 3.05) is 6.54 Å². The minimum atomic E-state index is -0.172. The highest BCUT2D eigenvalue weighted by Gasteiger charge is 2.31. The van der Waals surface area contributed by atoms with Crippen LogP contribution in [0, 0.1) is 6.92 Å². The molecule has 0 saturated carbocycles. The van der Waals surface area contributed by atoms with Crippen LogP contribution in [0.15, 0.2) is 45.4 Å². The highest BCUT2D eigenvalue weighted by molar-refractivity contribution is 5.78. The molecule has 0 spiro atoms. The molecular formula is C20H22N4O3. The SMILES string of the molecule is Cc1cc(CC(=O)N2CCCCC[C@H]2c2noc(-c3ccccc3)n2)no1. The van der Waals surface area contributed by atoms with Gasteiger partial charge in [-0.15, -0.1) is 0 Å². The van der Waals surface area contributed by atoms with Crippen molar-refractivity contribution in [2.24, 2.45) is 0 Å². The smallest absolute Gasteiger partial charge is 0.257 e. The Labute approximate surface area is 157 Å². The number of carbonyl (C=O) groups excluding carboxylic acids is 1. The summed E-state index contributed by atoms with van der Waals surface area (Å²) >= 11 is 0. The van der Waals surface area contributed by atoms with Gasteiger partial charge in [0.1, 0.15) is 5.76 Å². The molecule has 1 aliphatic rings. The van der Waals surface area contributed by atoms with Crippen LogP contribution in [0.3, 0.4) is 0 Å². The number of aryl methyl sites for hydroxylation is 1. The van der Waals surface area contributed by atoms with Gasteiger partial charge < -0.3 is 13.9 Å². The summed E-state index contributed by atoms with van der Waals surface area (Å²) in [5.74, 6) is 1.77. The summed E-state index contributed by atoms with van der Waals surface area (Å²) in [4.78, 5) is 19.4. The number of nitrogens with zero attached hydrogens (tertiary/aromatic N) is 4. The number of likely N-dealkylation sites (tertiary alicyclic amines) is 1. The third-order valence-corrected chi connectivity index (χ3v) is 4.84. The lowest BCUT2D eigenvalue weighted by molar-refractivity contribution is -0.133. The first-order valence-electron chi connectivity index (χ1n) is 9.31. The molecule has 2 aromatic heterocycles. The molecule has 4 rings (SSSR count). The van der Waals surface area contributed by atoms with Crippen LogP contribution in [0.4, 0.5) is 0 Å². The van der Waals surface area contributed by atoms with Gasteiger partial charge in [-0.2, -0.15) is 4.98 Å². The summed E-state index contributed by atoms with van der Waals surface area (Å²) < 4.78 is 10.5. The second-order valence-corrected chi connectivity index (χ2v) is 6.88. The number of benzene rings is 1. The van der Waals surface area contributed by atoms with E-state index in [1.807, 2.05) is 42.2 Å². The Morgan fingerprint density at radius 2 is 2.00 bits per heavy atom. The summed E-state index contributed by atoms with van der Waals surface area (Å²) in [6, 6.07) is 11.3. The Kier molecular flexibility index (Phi) is 5.00. The molecule has 1 amide bonds. The third kappa shape index (κ3) is 3.92. The van der Waals surface area contributed by atoms with Crippen LogP contribution in [-0.2, 0) is 11.2 Å². The van der Waals surface area contributed by atoms with E-state index in [0.717, 1.165) is 31.2 Å². The van der Waals surface area contributed by atoms with E-state index in [1.165, 1.54) is 0 Å². The number of aromatic nitrogens is 3. The zero-order valence-corrected chi connectivity index (χ0v) is 15.3. The molecule has 27 heavy (non-hydrogen) atoms. The van der Waals surface area contributed by atoms with E-state index >= 15 is 0 Å². The van der Waals surface area contributed by atoms with E-state index in [2.05, 4.69) is 15.3 Å². The largest absolute Gasteiger partial charge is 0.361 e. The molecule has 0 aliphatic carbocycles. The molecular weight excluding hydrogens is 344 g/mol. The van der Waals surface area contributed by atoms with Crippen LogP contribution in [0.1, 0.15) is 49.0 Å². The fraction of sp³-hybridized carbons (Fsp3) is 0.400. The molecule has 140 valence electrons. The minimum Gasteiger partial charge on any atom is -0.361 e. The highest BCUT2D eigenvalue weighted by Crippen LogP contribution is 2.30. The molecule has 0 N–H and O–H groups in total. The Hall–Kier alpha value is -2.96. The van der Waals surface area contributed by atoms with Crippen molar-refractivity contribution < 1.29 is 13.8 Å². The van der Waals surface area contributed by atoms with E-state index in [0.29, 0.717) is 29.7 Å². The van der Waals surface area contributed by atoms with Gasteiger partial charge in [0.15, 0.2) is 5.82 Å². The third-order valence-electron chi connectivity index (χ3n) is 4.84. The molecule has 1 aliphatic heterocycles. The highest BCUT2D eigenvalue weighted by atomic mass is 16.5. The summed E-state index contributed by atoms with van der Waals surface area (Å²) in [6.45, 7) is 2.51. The first kappa shape index (κ1) is 17.5. The van der Waals surface area contributed by atoms with Crippen molar-refractivity contribution in [2.45, 2.75) is 45.1 Å². The fourth-order valence-electron chi connectivity index (χ4n) is 3.50. The summed E-state index contributed by atoms with van der Waals surface area (Å²) in [5, 5.41) is 8.13. The molecule has 0 bridgehead atoms. The minimum absolute atomic E-state index is 0.0151. The van der Waals surface area contributed by atoms with Gasteiger partial charge >= 0.3 is 0 Å². The summed E-state index contributed by atoms with van der Waals surface area (Å²) in [5.41, 5.74) is 1.53. The van der Waals surface area contributed by atoms with Crippen LogP contribution in [-0.4, -0.2) is 32.6 Å². The molecule has 3 aromatic rings. The van der Waals surface area contributed by atoms with E-state index in [4.69, 9.17) is 9.05 Å². The number of hydrogen-bond donors (Lipinski definition) is 0. The zero-order valence-electron chi connectivity index (χ0n) is 15.3. The van der Waals surface area contributed by atoms with Gasteiger partial charge in [0.25, 0.3) is 5.89 Å². The first-order valence-corrected chi connectivity index (χ1v) is 9.31. The predicted molar refractivity (Wildman–Crippen MR) is 97.6 cm³/mol. The molecule has 7 nitrogen and oxygen atoms in total.